The number of nitrogens with zero attached hydrogens (tertiary/aromatic N) is 3. The summed E-state index contributed by atoms with van der Waals surface area (Å²) in [5.74, 6) is 2.33. The lowest BCUT2D eigenvalue weighted by molar-refractivity contribution is 0.178. The highest BCUT2D eigenvalue weighted by atomic mass is 32.2. The summed E-state index contributed by atoms with van der Waals surface area (Å²) < 4.78 is 29.0. The Bertz CT molecular complexity index is 614. The van der Waals surface area contributed by atoms with E-state index in [4.69, 9.17) is 4.52 Å². The number of hydrogen-bond acceptors (Lipinski definition) is 6. The van der Waals surface area contributed by atoms with Gasteiger partial charge in [-0.05, 0) is 18.8 Å². The Hall–Kier alpha value is -0.950. The highest BCUT2D eigenvalue weighted by Crippen LogP contribution is 2.37. The molecule has 118 valence electrons. The quantitative estimate of drug-likeness (QED) is 0.839. The van der Waals surface area contributed by atoms with Crippen molar-refractivity contribution in [2.75, 3.05) is 18.1 Å². The van der Waals surface area contributed by atoms with Gasteiger partial charge >= 0.3 is 0 Å². The lowest BCUT2D eigenvalue weighted by Gasteiger charge is -2.34. The molecule has 0 N–H and O–H groups in total. The van der Waals surface area contributed by atoms with Crippen molar-refractivity contribution in [3.8, 4) is 0 Å². The molecule has 0 amide bonds. The molecule has 0 bridgehead atoms. The van der Waals surface area contributed by atoms with Gasteiger partial charge in [-0.1, -0.05) is 25.9 Å². The maximum absolute atomic E-state index is 11.9. The van der Waals surface area contributed by atoms with Crippen molar-refractivity contribution in [2.45, 2.75) is 51.6 Å². The van der Waals surface area contributed by atoms with E-state index < -0.39 is 9.84 Å². The van der Waals surface area contributed by atoms with Crippen LogP contribution in [0.1, 0.15) is 45.3 Å². The molecule has 1 aromatic heterocycles. The van der Waals surface area contributed by atoms with Crippen LogP contribution in [0.2, 0.25) is 0 Å². The minimum Gasteiger partial charge on any atom is -0.339 e. The summed E-state index contributed by atoms with van der Waals surface area (Å²) in [6.07, 6.45) is 2.27. The molecule has 0 spiro atoms. The number of rotatable bonds is 3. The van der Waals surface area contributed by atoms with Crippen LogP contribution in [0.4, 0.5) is 0 Å². The van der Waals surface area contributed by atoms with Gasteiger partial charge in [0.1, 0.15) is 0 Å². The highest BCUT2D eigenvalue weighted by Gasteiger charge is 2.41. The Morgan fingerprint density at radius 3 is 2.62 bits per heavy atom. The molecular formula is C14H23N3O3S. The minimum absolute atomic E-state index is 0.125. The van der Waals surface area contributed by atoms with Crippen LogP contribution < -0.4 is 0 Å². The summed E-state index contributed by atoms with van der Waals surface area (Å²) >= 11 is 0. The molecule has 1 aromatic rings. The Labute approximate surface area is 125 Å². The summed E-state index contributed by atoms with van der Waals surface area (Å²) in [5.41, 5.74) is -0.160. The second-order valence-electron chi connectivity index (χ2n) is 7.26. The Morgan fingerprint density at radius 1 is 1.33 bits per heavy atom. The number of sulfone groups is 1. The Balaban J connectivity index is 1.73. The minimum atomic E-state index is -2.89. The van der Waals surface area contributed by atoms with Crippen LogP contribution >= 0.6 is 0 Å². The van der Waals surface area contributed by atoms with Crippen LogP contribution in [0, 0.1) is 5.92 Å². The largest absolute Gasteiger partial charge is 0.339 e. The van der Waals surface area contributed by atoms with Gasteiger partial charge in [-0.2, -0.15) is 4.98 Å². The molecule has 0 aromatic carbocycles. The van der Waals surface area contributed by atoms with E-state index in [1.165, 1.54) is 0 Å². The lowest BCUT2D eigenvalue weighted by Crippen LogP contribution is -2.49. The van der Waals surface area contributed by atoms with E-state index in [-0.39, 0.29) is 23.0 Å². The van der Waals surface area contributed by atoms with Crippen molar-refractivity contribution in [3.05, 3.63) is 11.7 Å². The molecule has 2 heterocycles. The van der Waals surface area contributed by atoms with E-state index in [9.17, 15) is 8.42 Å². The van der Waals surface area contributed by atoms with Crippen molar-refractivity contribution in [1.82, 2.24) is 15.0 Å². The monoisotopic (exact) mass is 313 g/mol. The van der Waals surface area contributed by atoms with E-state index in [2.05, 4.69) is 15.0 Å². The van der Waals surface area contributed by atoms with E-state index in [0.717, 1.165) is 12.8 Å². The molecule has 0 radical (unpaired) electrons. The second kappa shape index (κ2) is 5.05. The molecule has 3 rings (SSSR count). The van der Waals surface area contributed by atoms with Crippen molar-refractivity contribution in [2.24, 2.45) is 5.92 Å². The predicted molar refractivity (Wildman–Crippen MR) is 78.6 cm³/mol. The SMILES string of the molecule is CC(C)(C)c1nc(CN2CCS(=O)(=O)CC2C2CC2)no1. The standard InChI is InChI=1S/C14H23N3O3S/c1-14(2,3)13-15-12(16-20-13)8-17-6-7-21(18,19)9-11(17)10-4-5-10/h10-11H,4-9H2,1-3H3. The van der Waals surface area contributed by atoms with Gasteiger partial charge in [0, 0.05) is 18.0 Å². The van der Waals surface area contributed by atoms with Crippen molar-refractivity contribution in [3.63, 3.8) is 0 Å². The van der Waals surface area contributed by atoms with Crippen molar-refractivity contribution >= 4 is 9.84 Å². The van der Waals surface area contributed by atoms with Crippen molar-refractivity contribution in [1.29, 1.82) is 0 Å². The maximum atomic E-state index is 11.9. The molecule has 6 nitrogen and oxygen atoms in total. The molecule has 1 saturated heterocycles. The molecule has 1 aliphatic heterocycles. The average molecular weight is 313 g/mol. The first-order valence-electron chi connectivity index (χ1n) is 7.52. The molecule has 2 aliphatic rings. The molecule has 1 atom stereocenters. The maximum Gasteiger partial charge on any atom is 0.232 e. The molecule has 1 aliphatic carbocycles. The summed E-state index contributed by atoms with van der Waals surface area (Å²) in [6, 6.07) is 0.125. The van der Waals surface area contributed by atoms with Crippen molar-refractivity contribution < 1.29 is 12.9 Å². The second-order valence-corrected chi connectivity index (χ2v) is 9.48. The lowest BCUT2D eigenvalue weighted by atomic mass is 9.97. The van der Waals surface area contributed by atoms with E-state index >= 15 is 0 Å². The van der Waals surface area contributed by atoms with E-state index in [1.54, 1.807) is 0 Å². The summed E-state index contributed by atoms with van der Waals surface area (Å²) in [6.45, 7) is 7.25. The predicted octanol–water partition coefficient (Wildman–Crippen LogP) is 1.38. The zero-order chi connectivity index (χ0) is 15.3. The van der Waals surface area contributed by atoms with Crippen LogP contribution in [0.3, 0.4) is 0 Å². The fourth-order valence-corrected chi connectivity index (χ4v) is 4.47. The Morgan fingerprint density at radius 2 is 2.05 bits per heavy atom. The normalized spacial score (nSPS) is 26.9. The highest BCUT2D eigenvalue weighted by molar-refractivity contribution is 7.91. The third-order valence-electron chi connectivity index (χ3n) is 4.20. The Kier molecular flexibility index (Phi) is 3.60. The topological polar surface area (TPSA) is 76.3 Å². The van der Waals surface area contributed by atoms with Gasteiger partial charge in [0.05, 0.1) is 18.1 Å². The number of hydrogen-bond donors (Lipinski definition) is 0. The first-order chi connectivity index (χ1) is 9.74. The van der Waals surface area contributed by atoms with Gasteiger partial charge in [0.25, 0.3) is 0 Å². The molecule has 7 heteroatoms. The first-order valence-corrected chi connectivity index (χ1v) is 9.34. The van der Waals surface area contributed by atoms with Gasteiger partial charge in [-0.25, -0.2) is 8.42 Å². The summed E-state index contributed by atoms with van der Waals surface area (Å²) in [4.78, 5) is 6.68. The van der Waals surface area contributed by atoms with Gasteiger partial charge < -0.3 is 4.52 Å². The molecule has 21 heavy (non-hydrogen) atoms. The van der Waals surface area contributed by atoms with Crippen LogP contribution in [0.15, 0.2) is 4.52 Å². The number of aromatic nitrogens is 2. The van der Waals surface area contributed by atoms with Gasteiger partial charge in [0.15, 0.2) is 15.7 Å². The molecule has 1 saturated carbocycles. The first kappa shape index (κ1) is 15.0. The molecular weight excluding hydrogens is 290 g/mol. The van der Waals surface area contributed by atoms with E-state index in [0.29, 0.717) is 30.7 Å². The van der Waals surface area contributed by atoms with Gasteiger partial charge in [-0.15, -0.1) is 0 Å². The molecule has 2 fully saturated rings. The smallest absolute Gasteiger partial charge is 0.232 e. The zero-order valence-corrected chi connectivity index (χ0v) is 13.7. The van der Waals surface area contributed by atoms with Crippen LogP contribution in [-0.4, -0.2) is 47.6 Å². The molecule has 1 unspecified atom stereocenters. The summed E-state index contributed by atoms with van der Waals surface area (Å²) in [7, 11) is -2.89. The van der Waals surface area contributed by atoms with Crippen LogP contribution in [0.5, 0.6) is 0 Å². The summed E-state index contributed by atoms with van der Waals surface area (Å²) in [5, 5.41) is 4.05. The fraction of sp³-hybridized carbons (Fsp3) is 0.857. The fourth-order valence-electron chi connectivity index (χ4n) is 2.79. The van der Waals surface area contributed by atoms with Crippen LogP contribution in [-0.2, 0) is 21.8 Å². The average Bonchev–Trinajstić information content (AvgIpc) is 3.09. The van der Waals surface area contributed by atoms with Gasteiger partial charge in [0.2, 0.25) is 5.89 Å². The van der Waals surface area contributed by atoms with Crippen LogP contribution in [0.25, 0.3) is 0 Å². The van der Waals surface area contributed by atoms with E-state index in [1.807, 2.05) is 20.8 Å². The third kappa shape index (κ3) is 3.45. The third-order valence-corrected chi connectivity index (χ3v) is 5.86. The van der Waals surface area contributed by atoms with Gasteiger partial charge in [-0.3, -0.25) is 4.90 Å². The zero-order valence-electron chi connectivity index (χ0n) is 12.9.